The van der Waals surface area contributed by atoms with Gasteiger partial charge in [-0.15, -0.1) is 0 Å². The molecule has 1 amide bonds. The topological polar surface area (TPSA) is 66.5 Å². The number of halogens is 2. The van der Waals surface area contributed by atoms with Crippen LogP contribution in [0.2, 0.25) is 5.02 Å². The predicted molar refractivity (Wildman–Crippen MR) is 98.0 cm³/mol. The Labute approximate surface area is 156 Å². The lowest BCUT2D eigenvalue weighted by molar-refractivity contribution is -0.120. The minimum atomic E-state index is -3.61. The van der Waals surface area contributed by atoms with Gasteiger partial charge in [0.05, 0.1) is 10.6 Å². The molecule has 1 heterocycles. The Balaban J connectivity index is 1.62. The van der Waals surface area contributed by atoms with Crippen LogP contribution in [0, 0.1) is 11.7 Å². The molecule has 26 heavy (non-hydrogen) atoms. The van der Waals surface area contributed by atoms with Crippen LogP contribution in [-0.2, 0) is 14.8 Å². The van der Waals surface area contributed by atoms with Crippen LogP contribution in [0.5, 0.6) is 0 Å². The van der Waals surface area contributed by atoms with Crippen molar-refractivity contribution in [3.05, 3.63) is 59.4 Å². The van der Waals surface area contributed by atoms with Gasteiger partial charge in [0.25, 0.3) is 0 Å². The number of rotatable bonds is 4. The fourth-order valence-electron chi connectivity index (χ4n) is 2.91. The van der Waals surface area contributed by atoms with Gasteiger partial charge in [-0.25, -0.2) is 12.8 Å². The second kappa shape index (κ2) is 7.73. The van der Waals surface area contributed by atoms with Crippen LogP contribution >= 0.6 is 11.6 Å². The van der Waals surface area contributed by atoms with Gasteiger partial charge in [-0.1, -0.05) is 23.7 Å². The molecule has 0 radical (unpaired) electrons. The van der Waals surface area contributed by atoms with E-state index in [1.165, 1.54) is 40.7 Å². The molecule has 0 aromatic heterocycles. The van der Waals surface area contributed by atoms with E-state index in [-0.39, 0.29) is 35.5 Å². The largest absolute Gasteiger partial charge is 0.323 e. The van der Waals surface area contributed by atoms with E-state index in [2.05, 4.69) is 5.32 Å². The maximum absolute atomic E-state index is 13.6. The van der Waals surface area contributed by atoms with Crippen LogP contribution in [0.15, 0.2) is 53.4 Å². The predicted octanol–water partition coefficient (Wildman–Crippen LogP) is 3.52. The van der Waals surface area contributed by atoms with Crippen LogP contribution in [0.4, 0.5) is 10.1 Å². The lowest BCUT2D eigenvalue weighted by Crippen LogP contribution is -2.41. The Morgan fingerprint density at radius 3 is 2.31 bits per heavy atom. The molecule has 1 fully saturated rings. The number of hydrogen-bond donors (Lipinski definition) is 1. The van der Waals surface area contributed by atoms with Crippen LogP contribution in [0.25, 0.3) is 0 Å². The Kier molecular flexibility index (Phi) is 5.60. The number of anilines is 1. The van der Waals surface area contributed by atoms with E-state index in [0.717, 1.165) is 0 Å². The lowest BCUT2D eigenvalue weighted by atomic mass is 9.97. The first kappa shape index (κ1) is 18.8. The van der Waals surface area contributed by atoms with Gasteiger partial charge in [-0.05, 0) is 49.2 Å². The standard InChI is InChI=1S/C18H18ClFN2O3S/c19-14-5-7-15(8-6-14)26(24,25)22-11-9-13(10-12-22)18(23)21-17-4-2-1-3-16(17)20/h1-8,13H,9-12H2,(H,21,23). The summed E-state index contributed by atoms with van der Waals surface area (Å²) in [6, 6.07) is 11.9. The fraction of sp³-hybridized carbons (Fsp3) is 0.278. The van der Waals surface area contributed by atoms with Crippen molar-refractivity contribution >= 4 is 33.2 Å². The van der Waals surface area contributed by atoms with E-state index >= 15 is 0 Å². The summed E-state index contributed by atoms with van der Waals surface area (Å²) in [6.45, 7) is 0.473. The summed E-state index contributed by atoms with van der Waals surface area (Å²) in [6.07, 6.45) is 0.764. The molecule has 3 rings (SSSR count). The monoisotopic (exact) mass is 396 g/mol. The molecule has 2 aromatic rings. The fourth-order valence-corrected chi connectivity index (χ4v) is 4.51. The quantitative estimate of drug-likeness (QED) is 0.859. The highest BCUT2D eigenvalue weighted by Gasteiger charge is 2.32. The van der Waals surface area contributed by atoms with Gasteiger partial charge in [0.15, 0.2) is 0 Å². The van der Waals surface area contributed by atoms with Gasteiger partial charge in [0, 0.05) is 24.0 Å². The Hall–Kier alpha value is -1.96. The molecule has 1 aliphatic rings. The maximum atomic E-state index is 13.6. The molecule has 1 saturated heterocycles. The Bertz CT molecular complexity index is 895. The summed E-state index contributed by atoms with van der Waals surface area (Å²) in [5.74, 6) is -1.14. The van der Waals surface area contributed by atoms with Gasteiger partial charge in [-0.2, -0.15) is 4.31 Å². The number of sulfonamides is 1. The lowest BCUT2D eigenvalue weighted by Gasteiger charge is -2.30. The number of para-hydroxylation sites is 1. The number of hydrogen-bond acceptors (Lipinski definition) is 3. The molecule has 1 N–H and O–H groups in total. The molecule has 0 spiro atoms. The molecule has 0 bridgehead atoms. The number of amides is 1. The van der Waals surface area contributed by atoms with E-state index in [0.29, 0.717) is 17.9 Å². The molecular formula is C18H18ClFN2O3S. The summed E-state index contributed by atoms with van der Waals surface area (Å²) in [4.78, 5) is 12.5. The molecule has 0 saturated carbocycles. The highest BCUT2D eigenvalue weighted by Crippen LogP contribution is 2.26. The van der Waals surface area contributed by atoms with Crippen molar-refractivity contribution in [2.45, 2.75) is 17.7 Å². The van der Waals surface area contributed by atoms with Crippen LogP contribution in [-0.4, -0.2) is 31.7 Å². The molecule has 138 valence electrons. The Morgan fingerprint density at radius 2 is 1.69 bits per heavy atom. The van der Waals surface area contributed by atoms with Gasteiger partial charge < -0.3 is 5.32 Å². The second-order valence-electron chi connectivity index (χ2n) is 6.10. The summed E-state index contributed by atoms with van der Waals surface area (Å²) >= 11 is 5.80. The first-order valence-corrected chi connectivity index (χ1v) is 10.0. The molecule has 0 aliphatic carbocycles. The van der Waals surface area contributed by atoms with E-state index < -0.39 is 15.8 Å². The van der Waals surface area contributed by atoms with E-state index in [4.69, 9.17) is 11.6 Å². The zero-order valence-electron chi connectivity index (χ0n) is 13.9. The van der Waals surface area contributed by atoms with Gasteiger partial charge in [-0.3, -0.25) is 4.79 Å². The number of carbonyl (C=O) groups is 1. The molecular weight excluding hydrogens is 379 g/mol. The van der Waals surface area contributed by atoms with Crippen molar-refractivity contribution in [1.82, 2.24) is 4.31 Å². The van der Waals surface area contributed by atoms with Gasteiger partial charge >= 0.3 is 0 Å². The third kappa shape index (κ3) is 4.06. The molecule has 0 atom stereocenters. The van der Waals surface area contributed by atoms with E-state index in [1.807, 2.05) is 0 Å². The highest BCUT2D eigenvalue weighted by atomic mass is 35.5. The van der Waals surface area contributed by atoms with Crippen molar-refractivity contribution in [3.8, 4) is 0 Å². The average molecular weight is 397 g/mol. The summed E-state index contributed by atoms with van der Waals surface area (Å²) < 4.78 is 40.3. The SMILES string of the molecule is O=C(Nc1ccccc1F)C1CCN(S(=O)(=O)c2ccc(Cl)cc2)CC1. The minimum Gasteiger partial charge on any atom is -0.323 e. The van der Waals surface area contributed by atoms with Crippen molar-refractivity contribution < 1.29 is 17.6 Å². The van der Waals surface area contributed by atoms with Crippen molar-refractivity contribution in [2.75, 3.05) is 18.4 Å². The van der Waals surface area contributed by atoms with Crippen LogP contribution < -0.4 is 5.32 Å². The molecule has 0 unspecified atom stereocenters. The minimum absolute atomic E-state index is 0.133. The molecule has 1 aliphatic heterocycles. The van der Waals surface area contributed by atoms with Gasteiger partial charge in [0.1, 0.15) is 5.82 Å². The molecule has 5 nitrogen and oxygen atoms in total. The average Bonchev–Trinajstić information content (AvgIpc) is 2.64. The van der Waals surface area contributed by atoms with Crippen molar-refractivity contribution in [1.29, 1.82) is 0 Å². The number of nitrogens with one attached hydrogen (secondary N) is 1. The van der Waals surface area contributed by atoms with E-state index in [9.17, 15) is 17.6 Å². The van der Waals surface area contributed by atoms with Crippen molar-refractivity contribution in [2.24, 2.45) is 5.92 Å². The van der Waals surface area contributed by atoms with Crippen LogP contribution in [0.3, 0.4) is 0 Å². The first-order chi connectivity index (χ1) is 12.4. The highest BCUT2D eigenvalue weighted by molar-refractivity contribution is 7.89. The molecule has 8 heteroatoms. The normalized spacial score (nSPS) is 16.4. The van der Waals surface area contributed by atoms with E-state index in [1.54, 1.807) is 12.1 Å². The maximum Gasteiger partial charge on any atom is 0.243 e. The summed E-state index contributed by atoms with van der Waals surface area (Å²) in [5, 5.41) is 3.04. The van der Waals surface area contributed by atoms with Crippen molar-refractivity contribution in [3.63, 3.8) is 0 Å². The number of benzene rings is 2. The summed E-state index contributed by atoms with van der Waals surface area (Å²) in [7, 11) is -3.61. The molecule has 2 aromatic carbocycles. The number of piperidine rings is 1. The smallest absolute Gasteiger partial charge is 0.243 e. The van der Waals surface area contributed by atoms with Crippen LogP contribution in [0.1, 0.15) is 12.8 Å². The number of carbonyl (C=O) groups excluding carboxylic acids is 1. The zero-order chi connectivity index (χ0) is 18.7. The summed E-state index contributed by atoms with van der Waals surface area (Å²) in [5.41, 5.74) is 0.133. The zero-order valence-corrected chi connectivity index (χ0v) is 15.4. The van der Waals surface area contributed by atoms with Gasteiger partial charge in [0.2, 0.25) is 15.9 Å². The third-order valence-corrected chi connectivity index (χ3v) is 6.57. The third-order valence-electron chi connectivity index (χ3n) is 4.41. The second-order valence-corrected chi connectivity index (χ2v) is 8.48. The number of nitrogens with zero attached hydrogens (tertiary/aromatic N) is 1. The first-order valence-electron chi connectivity index (χ1n) is 8.19. The Morgan fingerprint density at radius 1 is 1.08 bits per heavy atom.